The fourth-order valence-corrected chi connectivity index (χ4v) is 5.47. The number of hydrogen-bond donors (Lipinski definition) is 0. The Labute approximate surface area is 211 Å². The minimum atomic E-state index is 0.0533. The smallest absolute Gasteiger partial charge is 0.244 e. The van der Waals surface area contributed by atoms with Gasteiger partial charge < -0.3 is 9.80 Å². The predicted molar refractivity (Wildman–Crippen MR) is 138 cm³/mol. The fourth-order valence-electron chi connectivity index (χ4n) is 4.71. The first-order valence-electron chi connectivity index (χ1n) is 12.1. The van der Waals surface area contributed by atoms with Gasteiger partial charge in [-0.3, -0.25) is 14.3 Å². The number of amides is 2. The summed E-state index contributed by atoms with van der Waals surface area (Å²) in [5, 5.41) is 5.06. The normalized spacial score (nSPS) is 15.1. The number of carbonyl (C=O) groups excluding carboxylic acids is 2. The molecular formula is C27H33N5O2S. The van der Waals surface area contributed by atoms with Crippen LogP contribution in [0.4, 0.5) is 0 Å². The van der Waals surface area contributed by atoms with Gasteiger partial charge in [-0.1, -0.05) is 42.1 Å². The monoisotopic (exact) mass is 491 g/mol. The number of aromatic nitrogens is 3. The van der Waals surface area contributed by atoms with Gasteiger partial charge in [0.1, 0.15) is 6.54 Å². The summed E-state index contributed by atoms with van der Waals surface area (Å²) in [6, 6.07) is 16.0. The van der Waals surface area contributed by atoms with Gasteiger partial charge in [0, 0.05) is 44.8 Å². The molecule has 0 saturated carbocycles. The van der Waals surface area contributed by atoms with E-state index in [1.807, 2.05) is 53.4 Å². The maximum atomic E-state index is 13.2. The lowest BCUT2D eigenvalue weighted by Gasteiger charge is -2.40. The molecular weight excluding hydrogens is 458 g/mol. The Hall–Kier alpha value is -3.13. The van der Waals surface area contributed by atoms with Crippen LogP contribution in [0, 0.1) is 12.8 Å². The van der Waals surface area contributed by atoms with Gasteiger partial charge in [0.2, 0.25) is 11.8 Å². The summed E-state index contributed by atoms with van der Waals surface area (Å²) in [6.07, 6.45) is 7.83. The molecule has 1 aliphatic rings. The lowest BCUT2D eigenvalue weighted by molar-refractivity contribution is -0.136. The standard InChI is InChI=1S/C27H33N5O2S/c1-21-8-3-4-9-23(21)18-24(30(2)26(33)19-32-15-7-14-29-32)22-11-16-31(17-12-22)27(34)20-35-25-10-5-6-13-28-25/h3-10,13-15,22,24H,11-12,16-20H2,1-2H3. The van der Waals surface area contributed by atoms with Crippen molar-refractivity contribution in [3.63, 3.8) is 0 Å². The van der Waals surface area contributed by atoms with E-state index in [0.717, 1.165) is 37.4 Å². The number of benzene rings is 1. The largest absolute Gasteiger partial charge is 0.342 e. The molecule has 1 fully saturated rings. The highest BCUT2D eigenvalue weighted by Crippen LogP contribution is 2.28. The van der Waals surface area contributed by atoms with Gasteiger partial charge in [0.25, 0.3) is 0 Å². The van der Waals surface area contributed by atoms with Crippen LogP contribution < -0.4 is 0 Å². The van der Waals surface area contributed by atoms with Crippen LogP contribution in [0.25, 0.3) is 0 Å². The van der Waals surface area contributed by atoms with E-state index in [-0.39, 0.29) is 24.4 Å². The molecule has 1 atom stereocenters. The second-order valence-electron chi connectivity index (χ2n) is 9.08. The molecule has 2 aromatic heterocycles. The molecule has 7 nitrogen and oxygen atoms in total. The Bertz CT molecular complexity index is 1100. The van der Waals surface area contributed by atoms with Crippen molar-refractivity contribution in [2.24, 2.45) is 5.92 Å². The van der Waals surface area contributed by atoms with Crippen LogP contribution in [0.3, 0.4) is 0 Å². The molecule has 0 spiro atoms. The van der Waals surface area contributed by atoms with E-state index in [1.165, 1.54) is 22.9 Å². The number of rotatable bonds is 9. The van der Waals surface area contributed by atoms with Gasteiger partial charge >= 0.3 is 0 Å². The first-order chi connectivity index (χ1) is 17.0. The SMILES string of the molecule is Cc1ccccc1CC(C1CCN(C(=O)CSc2ccccn2)CC1)N(C)C(=O)Cn1cccn1. The van der Waals surface area contributed by atoms with Crippen LogP contribution in [-0.4, -0.2) is 68.3 Å². The third kappa shape index (κ3) is 6.72. The van der Waals surface area contributed by atoms with Gasteiger partial charge in [0.05, 0.1) is 10.8 Å². The molecule has 0 radical (unpaired) electrons. The zero-order valence-corrected chi connectivity index (χ0v) is 21.2. The molecule has 2 amide bonds. The number of thioether (sulfide) groups is 1. The van der Waals surface area contributed by atoms with Gasteiger partial charge in [0.15, 0.2) is 0 Å². The van der Waals surface area contributed by atoms with Gasteiger partial charge in [-0.05, 0) is 61.4 Å². The number of likely N-dealkylation sites (N-methyl/N-ethyl adjacent to an activating group) is 1. The van der Waals surface area contributed by atoms with Crippen LogP contribution >= 0.6 is 11.8 Å². The van der Waals surface area contributed by atoms with Gasteiger partial charge in [-0.2, -0.15) is 5.10 Å². The fraction of sp³-hybridized carbons (Fsp3) is 0.407. The molecule has 0 bridgehead atoms. The minimum absolute atomic E-state index is 0.0533. The lowest BCUT2D eigenvalue weighted by Crippen LogP contribution is -2.49. The summed E-state index contributed by atoms with van der Waals surface area (Å²) in [7, 11) is 1.91. The summed E-state index contributed by atoms with van der Waals surface area (Å²) in [4.78, 5) is 34.1. The van der Waals surface area contributed by atoms with Crippen molar-refractivity contribution in [2.75, 3.05) is 25.9 Å². The number of pyridine rings is 1. The van der Waals surface area contributed by atoms with E-state index < -0.39 is 0 Å². The third-order valence-electron chi connectivity index (χ3n) is 6.86. The Balaban J connectivity index is 1.40. The molecule has 1 aliphatic heterocycles. The van der Waals surface area contributed by atoms with Crippen molar-refractivity contribution in [3.8, 4) is 0 Å². The maximum Gasteiger partial charge on any atom is 0.244 e. The molecule has 1 aromatic carbocycles. The molecule has 3 heterocycles. The van der Waals surface area contributed by atoms with E-state index in [0.29, 0.717) is 11.7 Å². The minimum Gasteiger partial charge on any atom is -0.342 e. The quantitative estimate of drug-likeness (QED) is 0.427. The van der Waals surface area contributed by atoms with Crippen LogP contribution in [0.5, 0.6) is 0 Å². The molecule has 8 heteroatoms. The van der Waals surface area contributed by atoms with E-state index in [2.05, 4.69) is 35.2 Å². The van der Waals surface area contributed by atoms with E-state index in [9.17, 15) is 9.59 Å². The van der Waals surface area contributed by atoms with E-state index in [1.54, 1.807) is 17.1 Å². The van der Waals surface area contributed by atoms with E-state index >= 15 is 0 Å². The summed E-state index contributed by atoms with van der Waals surface area (Å²) < 4.78 is 1.67. The second-order valence-corrected chi connectivity index (χ2v) is 10.1. The van der Waals surface area contributed by atoms with E-state index in [4.69, 9.17) is 0 Å². The summed E-state index contributed by atoms with van der Waals surface area (Å²) in [6.45, 7) is 3.80. The average Bonchev–Trinajstić information content (AvgIpc) is 3.40. The number of hydrogen-bond acceptors (Lipinski definition) is 5. The average molecular weight is 492 g/mol. The Kier molecular flexibility index (Phi) is 8.58. The van der Waals surface area contributed by atoms with Crippen molar-refractivity contribution in [2.45, 2.75) is 43.8 Å². The molecule has 4 rings (SSSR count). The first kappa shape index (κ1) is 25.0. The van der Waals surface area contributed by atoms with Crippen LogP contribution in [0.2, 0.25) is 0 Å². The predicted octanol–water partition coefficient (Wildman–Crippen LogP) is 3.69. The zero-order chi connectivity index (χ0) is 24.6. The maximum absolute atomic E-state index is 13.2. The van der Waals surface area contributed by atoms with Crippen molar-refractivity contribution < 1.29 is 9.59 Å². The van der Waals surface area contributed by atoms with Crippen molar-refractivity contribution in [3.05, 3.63) is 78.2 Å². The molecule has 0 aliphatic carbocycles. The topological polar surface area (TPSA) is 71.3 Å². The molecule has 35 heavy (non-hydrogen) atoms. The Morgan fingerprint density at radius 3 is 2.54 bits per heavy atom. The molecule has 1 unspecified atom stereocenters. The number of carbonyl (C=O) groups is 2. The van der Waals surface area contributed by atoms with Crippen molar-refractivity contribution in [1.29, 1.82) is 0 Å². The van der Waals surface area contributed by atoms with Crippen LogP contribution in [-0.2, 0) is 22.6 Å². The van der Waals surface area contributed by atoms with Crippen LogP contribution in [0.15, 0.2) is 72.1 Å². The second kappa shape index (κ2) is 12.0. The van der Waals surface area contributed by atoms with Gasteiger partial charge in [-0.25, -0.2) is 4.98 Å². The first-order valence-corrected chi connectivity index (χ1v) is 13.1. The molecule has 184 valence electrons. The van der Waals surface area contributed by atoms with Crippen LogP contribution in [0.1, 0.15) is 24.0 Å². The number of aryl methyl sites for hydroxylation is 1. The van der Waals surface area contributed by atoms with Gasteiger partial charge in [-0.15, -0.1) is 0 Å². The Morgan fingerprint density at radius 2 is 1.86 bits per heavy atom. The summed E-state index contributed by atoms with van der Waals surface area (Å²) >= 11 is 1.48. The number of likely N-dealkylation sites (tertiary alicyclic amines) is 1. The number of piperidine rings is 1. The van der Waals surface area contributed by atoms with Crippen molar-refractivity contribution in [1.82, 2.24) is 24.6 Å². The third-order valence-corrected chi connectivity index (χ3v) is 7.78. The van der Waals surface area contributed by atoms with Crippen molar-refractivity contribution >= 4 is 23.6 Å². The summed E-state index contributed by atoms with van der Waals surface area (Å²) in [5.41, 5.74) is 2.51. The molecule has 1 saturated heterocycles. The highest BCUT2D eigenvalue weighted by molar-refractivity contribution is 7.99. The zero-order valence-electron chi connectivity index (χ0n) is 20.4. The lowest BCUT2D eigenvalue weighted by atomic mass is 9.84. The Morgan fingerprint density at radius 1 is 1.09 bits per heavy atom. The number of nitrogens with zero attached hydrogens (tertiary/aromatic N) is 5. The highest BCUT2D eigenvalue weighted by Gasteiger charge is 2.33. The highest BCUT2D eigenvalue weighted by atomic mass is 32.2. The molecule has 0 N–H and O–H groups in total. The molecule has 3 aromatic rings. The summed E-state index contributed by atoms with van der Waals surface area (Å²) in [5.74, 6) is 0.931.